The van der Waals surface area contributed by atoms with E-state index in [0.29, 0.717) is 17.5 Å². The van der Waals surface area contributed by atoms with E-state index < -0.39 is 0 Å². The van der Waals surface area contributed by atoms with Crippen LogP contribution in [0.5, 0.6) is 0 Å². The van der Waals surface area contributed by atoms with Gasteiger partial charge < -0.3 is 4.42 Å². The molecular weight excluding hydrogens is 623 g/mol. The summed E-state index contributed by atoms with van der Waals surface area (Å²) >= 11 is 0. The molecule has 0 saturated carbocycles. The summed E-state index contributed by atoms with van der Waals surface area (Å²) in [6.45, 7) is 0. The van der Waals surface area contributed by atoms with Crippen molar-refractivity contribution in [2.24, 2.45) is 0 Å². The Bertz CT molecular complexity index is 2900. The number of furan rings is 1. The molecule has 0 saturated heterocycles. The summed E-state index contributed by atoms with van der Waals surface area (Å²) in [6, 6.07) is 60.9. The summed E-state index contributed by atoms with van der Waals surface area (Å²) in [5.41, 5.74) is 8.83. The zero-order valence-corrected chi connectivity index (χ0v) is 27.5. The first-order valence-corrected chi connectivity index (χ1v) is 17.1. The molecule has 238 valence electrons. The molecule has 0 aliphatic rings. The van der Waals surface area contributed by atoms with E-state index in [1.54, 1.807) is 0 Å². The number of rotatable bonds is 5. The van der Waals surface area contributed by atoms with E-state index in [9.17, 15) is 0 Å². The first-order chi connectivity index (χ1) is 25.3. The topological polar surface area (TPSA) is 51.8 Å². The number of hydrogen-bond acceptors (Lipinski definition) is 4. The van der Waals surface area contributed by atoms with Crippen molar-refractivity contribution in [2.45, 2.75) is 0 Å². The highest BCUT2D eigenvalue weighted by atomic mass is 16.3. The van der Waals surface area contributed by atoms with Crippen LogP contribution in [0.1, 0.15) is 0 Å². The molecule has 2 heterocycles. The van der Waals surface area contributed by atoms with Crippen LogP contribution in [0.15, 0.2) is 180 Å². The average molecular weight is 652 g/mol. The fourth-order valence-electron chi connectivity index (χ4n) is 7.29. The number of nitrogens with zero attached hydrogens (tertiary/aromatic N) is 3. The van der Waals surface area contributed by atoms with Gasteiger partial charge in [0.05, 0.1) is 0 Å². The Labute approximate surface area is 294 Å². The van der Waals surface area contributed by atoms with E-state index >= 15 is 0 Å². The van der Waals surface area contributed by atoms with Crippen LogP contribution < -0.4 is 0 Å². The maximum atomic E-state index is 6.77. The van der Waals surface area contributed by atoms with Crippen molar-refractivity contribution in [3.05, 3.63) is 176 Å². The minimum Gasteiger partial charge on any atom is -0.455 e. The molecule has 8 aromatic carbocycles. The fraction of sp³-hybridized carbons (Fsp3) is 0. The fourth-order valence-corrected chi connectivity index (χ4v) is 7.29. The number of para-hydroxylation sites is 1. The SMILES string of the molecule is c1ccc(-c2ccc(-c3nc(-c4ccccc4)nc(-c4ccc(-c5cc6ccccc6c6ccccc56)c5oc6ccccc6c45)n3)cc2)cc1. The third kappa shape index (κ3) is 4.96. The Morgan fingerprint density at radius 1 is 0.333 bits per heavy atom. The van der Waals surface area contributed by atoms with E-state index in [1.807, 2.05) is 48.5 Å². The maximum Gasteiger partial charge on any atom is 0.164 e. The van der Waals surface area contributed by atoms with Crippen LogP contribution in [0.25, 0.3) is 99.9 Å². The molecule has 4 heteroatoms. The first-order valence-electron chi connectivity index (χ1n) is 17.1. The Morgan fingerprint density at radius 2 is 0.843 bits per heavy atom. The zero-order chi connectivity index (χ0) is 33.7. The van der Waals surface area contributed by atoms with Gasteiger partial charge in [-0.3, -0.25) is 0 Å². The van der Waals surface area contributed by atoms with Crippen molar-refractivity contribution in [2.75, 3.05) is 0 Å². The van der Waals surface area contributed by atoms with Gasteiger partial charge in [-0.05, 0) is 62.5 Å². The molecule has 0 spiro atoms. The predicted octanol–water partition coefficient (Wildman–Crippen LogP) is 12.4. The lowest BCUT2D eigenvalue weighted by molar-refractivity contribution is 0.670. The number of benzene rings is 8. The molecule has 0 fully saturated rings. The minimum atomic E-state index is 0.595. The molecule has 4 nitrogen and oxygen atoms in total. The summed E-state index contributed by atoms with van der Waals surface area (Å²) in [5, 5.41) is 6.82. The van der Waals surface area contributed by atoms with Crippen molar-refractivity contribution in [3.8, 4) is 56.4 Å². The predicted molar refractivity (Wildman–Crippen MR) is 209 cm³/mol. The summed E-state index contributed by atoms with van der Waals surface area (Å²) in [7, 11) is 0. The van der Waals surface area contributed by atoms with Crippen LogP contribution in [-0.2, 0) is 0 Å². The molecular formula is C47H29N3O. The number of fused-ring (bicyclic) bond motifs is 6. The molecule has 0 atom stereocenters. The van der Waals surface area contributed by atoms with Crippen LogP contribution in [-0.4, -0.2) is 15.0 Å². The van der Waals surface area contributed by atoms with Gasteiger partial charge in [-0.2, -0.15) is 0 Å². The van der Waals surface area contributed by atoms with Crippen LogP contribution in [0.3, 0.4) is 0 Å². The van der Waals surface area contributed by atoms with Crippen molar-refractivity contribution in [1.82, 2.24) is 15.0 Å². The second-order valence-electron chi connectivity index (χ2n) is 12.8. The van der Waals surface area contributed by atoms with E-state index in [2.05, 4.69) is 127 Å². The van der Waals surface area contributed by atoms with Crippen LogP contribution in [0.4, 0.5) is 0 Å². The molecule has 10 aromatic rings. The van der Waals surface area contributed by atoms with Crippen LogP contribution in [0, 0.1) is 0 Å². The zero-order valence-electron chi connectivity index (χ0n) is 27.5. The normalized spacial score (nSPS) is 11.5. The van der Waals surface area contributed by atoms with Gasteiger partial charge in [0, 0.05) is 33.0 Å². The summed E-state index contributed by atoms with van der Waals surface area (Å²) in [4.78, 5) is 15.3. The Balaban J connectivity index is 1.22. The van der Waals surface area contributed by atoms with Crippen LogP contribution >= 0.6 is 0 Å². The molecule has 0 unspecified atom stereocenters. The van der Waals surface area contributed by atoms with Gasteiger partial charge in [0.25, 0.3) is 0 Å². The molecule has 0 amide bonds. The van der Waals surface area contributed by atoms with Crippen LogP contribution in [0.2, 0.25) is 0 Å². The van der Waals surface area contributed by atoms with Gasteiger partial charge in [-0.1, -0.05) is 152 Å². The Hall–Kier alpha value is -6.91. The third-order valence-corrected chi connectivity index (χ3v) is 9.74. The molecule has 0 bridgehead atoms. The third-order valence-electron chi connectivity index (χ3n) is 9.74. The molecule has 0 aliphatic carbocycles. The quantitative estimate of drug-likeness (QED) is 0.174. The van der Waals surface area contributed by atoms with Crippen molar-refractivity contribution in [3.63, 3.8) is 0 Å². The Kier molecular flexibility index (Phi) is 6.78. The highest BCUT2D eigenvalue weighted by Gasteiger charge is 2.22. The highest BCUT2D eigenvalue weighted by Crippen LogP contribution is 2.44. The van der Waals surface area contributed by atoms with Gasteiger partial charge in [0.15, 0.2) is 17.5 Å². The van der Waals surface area contributed by atoms with Crippen molar-refractivity contribution >= 4 is 43.5 Å². The lowest BCUT2D eigenvalue weighted by atomic mass is 9.91. The average Bonchev–Trinajstić information content (AvgIpc) is 3.61. The van der Waals surface area contributed by atoms with Gasteiger partial charge in [0.2, 0.25) is 0 Å². The molecule has 0 aliphatic heterocycles. The first kappa shape index (κ1) is 29.0. The largest absolute Gasteiger partial charge is 0.455 e. The minimum absolute atomic E-state index is 0.595. The number of hydrogen-bond donors (Lipinski definition) is 0. The van der Waals surface area contributed by atoms with Crippen molar-refractivity contribution < 1.29 is 4.42 Å². The Morgan fingerprint density at radius 3 is 1.59 bits per heavy atom. The summed E-state index contributed by atoms with van der Waals surface area (Å²) < 4.78 is 6.77. The van der Waals surface area contributed by atoms with E-state index in [4.69, 9.17) is 19.4 Å². The van der Waals surface area contributed by atoms with Gasteiger partial charge >= 0.3 is 0 Å². The molecule has 51 heavy (non-hydrogen) atoms. The van der Waals surface area contributed by atoms with E-state index in [-0.39, 0.29) is 0 Å². The standard InChI is InChI=1S/C47H29N3O/c1-3-13-30(14-4-1)31-23-25-33(26-24-31)46-48-45(32-15-5-2-6-16-32)49-47(50-46)40-28-27-38(44-43(40)39-21-11-12-22-42(39)51-44)41-29-34-17-7-8-18-35(34)36-19-9-10-20-37(36)41/h1-29H. The monoisotopic (exact) mass is 651 g/mol. The summed E-state index contributed by atoms with van der Waals surface area (Å²) in [6.07, 6.45) is 0. The maximum absolute atomic E-state index is 6.77. The van der Waals surface area contributed by atoms with E-state index in [1.165, 1.54) is 27.1 Å². The van der Waals surface area contributed by atoms with Gasteiger partial charge in [-0.25, -0.2) is 15.0 Å². The smallest absolute Gasteiger partial charge is 0.164 e. The summed E-state index contributed by atoms with van der Waals surface area (Å²) in [5.74, 6) is 1.83. The second kappa shape index (κ2) is 11.9. The highest BCUT2D eigenvalue weighted by molar-refractivity contribution is 6.20. The van der Waals surface area contributed by atoms with Gasteiger partial charge in [-0.15, -0.1) is 0 Å². The number of aromatic nitrogens is 3. The lowest BCUT2D eigenvalue weighted by Gasteiger charge is -2.13. The molecule has 0 N–H and O–H groups in total. The van der Waals surface area contributed by atoms with E-state index in [0.717, 1.165) is 55.3 Å². The van der Waals surface area contributed by atoms with Crippen molar-refractivity contribution in [1.29, 1.82) is 0 Å². The molecule has 10 rings (SSSR count). The van der Waals surface area contributed by atoms with Gasteiger partial charge in [0.1, 0.15) is 11.2 Å². The lowest BCUT2D eigenvalue weighted by Crippen LogP contribution is -2.00. The molecule has 0 radical (unpaired) electrons. The second-order valence-corrected chi connectivity index (χ2v) is 12.8. The molecule has 2 aromatic heterocycles.